The Morgan fingerprint density at radius 3 is 2.58 bits per heavy atom. The number of fused-ring (bicyclic) bond motifs is 1. The van der Waals surface area contributed by atoms with Crippen molar-refractivity contribution in [3.05, 3.63) is 69.0 Å². The van der Waals surface area contributed by atoms with Crippen molar-refractivity contribution in [2.75, 3.05) is 0 Å². The number of hydrogen-bond acceptors (Lipinski definition) is 4. The number of rotatable bonds is 2. The van der Waals surface area contributed by atoms with Crippen molar-refractivity contribution < 1.29 is 9.90 Å². The molecule has 5 heteroatoms. The van der Waals surface area contributed by atoms with E-state index in [9.17, 15) is 9.90 Å². The lowest BCUT2D eigenvalue weighted by molar-refractivity contribution is -0.112. The van der Waals surface area contributed by atoms with Crippen LogP contribution in [0, 0.1) is 13.8 Å². The van der Waals surface area contributed by atoms with Gasteiger partial charge in [-0.05, 0) is 25.5 Å². The third-order valence-electron chi connectivity index (χ3n) is 4.00. The fourth-order valence-electron chi connectivity index (χ4n) is 2.97. The number of aromatic nitrogens is 1. The molecule has 1 aliphatic heterocycles. The monoisotopic (exact) mass is 334 g/mol. The number of aryl methyl sites for hydroxylation is 2. The highest BCUT2D eigenvalue weighted by molar-refractivity contribution is 7.16. The Kier molecular flexibility index (Phi) is 3.32. The van der Waals surface area contributed by atoms with Gasteiger partial charge < -0.3 is 5.11 Å². The van der Waals surface area contributed by atoms with E-state index < -0.39 is 0 Å². The first-order valence-electron chi connectivity index (χ1n) is 7.55. The van der Waals surface area contributed by atoms with Crippen LogP contribution in [0.25, 0.3) is 16.1 Å². The zero-order valence-electron chi connectivity index (χ0n) is 13.2. The molecule has 1 amide bonds. The van der Waals surface area contributed by atoms with Crippen molar-refractivity contribution in [3.63, 3.8) is 0 Å². The molecule has 0 fully saturated rings. The summed E-state index contributed by atoms with van der Waals surface area (Å²) < 4.78 is 0. The van der Waals surface area contributed by atoms with Gasteiger partial charge in [0.15, 0.2) is 0 Å². The first-order chi connectivity index (χ1) is 11.5. The molecule has 0 atom stereocenters. The Hall–Kier alpha value is -2.79. The molecule has 2 aromatic carbocycles. The van der Waals surface area contributed by atoms with Gasteiger partial charge >= 0.3 is 0 Å². The van der Waals surface area contributed by atoms with Crippen molar-refractivity contribution in [1.29, 1.82) is 0 Å². The zero-order valence-corrected chi connectivity index (χ0v) is 14.0. The lowest BCUT2D eigenvalue weighted by Gasteiger charge is -1.98. The standard InChI is InChI=1S/C19H14N2O2S/c1-10-8-11(2)15-13(9-10)14(17(22)20-15)16-18(23)21-19(24-16)12-6-4-3-5-7-12/h3-9,23H,1-2H3. The van der Waals surface area contributed by atoms with Crippen molar-refractivity contribution in [3.8, 4) is 16.5 Å². The van der Waals surface area contributed by atoms with Crippen LogP contribution in [-0.4, -0.2) is 16.0 Å². The van der Waals surface area contributed by atoms with Gasteiger partial charge in [0.25, 0.3) is 5.91 Å². The zero-order chi connectivity index (χ0) is 16.8. The van der Waals surface area contributed by atoms with E-state index in [4.69, 9.17) is 0 Å². The van der Waals surface area contributed by atoms with E-state index in [1.807, 2.05) is 56.3 Å². The van der Waals surface area contributed by atoms with Gasteiger partial charge in [-0.3, -0.25) is 4.79 Å². The molecule has 0 unspecified atom stereocenters. The summed E-state index contributed by atoms with van der Waals surface area (Å²) in [7, 11) is 0. The molecule has 0 saturated heterocycles. The van der Waals surface area contributed by atoms with E-state index in [1.54, 1.807) is 0 Å². The molecule has 0 bridgehead atoms. The van der Waals surface area contributed by atoms with Crippen LogP contribution in [0.5, 0.6) is 5.88 Å². The van der Waals surface area contributed by atoms with E-state index >= 15 is 0 Å². The second-order valence-electron chi connectivity index (χ2n) is 5.81. The fraction of sp³-hybridized carbons (Fsp3) is 0.105. The summed E-state index contributed by atoms with van der Waals surface area (Å²) in [5.41, 5.74) is 3.36. The predicted molar refractivity (Wildman–Crippen MR) is 93.4 cm³/mol. The smallest absolute Gasteiger partial charge is 0.279 e. The summed E-state index contributed by atoms with van der Waals surface area (Å²) >= 11 is 1.31. The minimum absolute atomic E-state index is 0.121. The SMILES string of the molecule is Cc1cc(C)c2c(c1)=C(c1sc(-c3ccccc3)nc1O)C(=O)N=2. The molecule has 1 N–H and O–H groups in total. The number of carbonyl (C=O) groups is 1. The van der Waals surface area contributed by atoms with Crippen LogP contribution in [0.2, 0.25) is 0 Å². The van der Waals surface area contributed by atoms with E-state index in [0.717, 1.165) is 21.9 Å². The summed E-state index contributed by atoms with van der Waals surface area (Å²) in [6, 6.07) is 13.5. The molecule has 3 aromatic rings. The summed E-state index contributed by atoms with van der Waals surface area (Å²) in [6.07, 6.45) is 0. The largest absolute Gasteiger partial charge is 0.492 e. The number of thiazole rings is 1. The number of nitrogens with zero attached hydrogens (tertiary/aromatic N) is 2. The Morgan fingerprint density at radius 2 is 1.83 bits per heavy atom. The minimum Gasteiger partial charge on any atom is -0.492 e. The molecule has 0 radical (unpaired) electrons. The first-order valence-corrected chi connectivity index (χ1v) is 8.36. The molecular weight excluding hydrogens is 320 g/mol. The Balaban J connectivity index is 1.98. The van der Waals surface area contributed by atoms with Crippen LogP contribution in [-0.2, 0) is 4.79 Å². The van der Waals surface area contributed by atoms with Crippen molar-refractivity contribution in [1.82, 2.24) is 4.98 Å². The van der Waals surface area contributed by atoms with E-state index in [2.05, 4.69) is 9.98 Å². The molecule has 118 valence electrons. The second-order valence-corrected chi connectivity index (χ2v) is 6.81. The quantitative estimate of drug-likeness (QED) is 0.783. The molecule has 0 saturated carbocycles. The summed E-state index contributed by atoms with van der Waals surface area (Å²) in [4.78, 5) is 21.3. The van der Waals surface area contributed by atoms with Crippen LogP contribution in [0.15, 0.2) is 47.5 Å². The Bertz CT molecular complexity index is 1100. The highest BCUT2D eigenvalue weighted by Gasteiger charge is 2.25. The van der Waals surface area contributed by atoms with Gasteiger partial charge in [0.05, 0.1) is 10.9 Å². The molecule has 1 aromatic heterocycles. The molecule has 1 aliphatic rings. The number of carbonyl (C=O) groups excluding carboxylic acids is 1. The van der Waals surface area contributed by atoms with Gasteiger partial charge in [0, 0.05) is 10.8 Å². The summed E-state index contributed by atoms with van der Waals surface area (Å²) in [5.74, 6) is -0.443. The average Bonchev–Trinajstić information content (AvgIpc) is 3.08. The van der Waals surface area contributed by atoms with Crippen LogP contribution < -0.4 is 10.6 Å². The maximum Gasteiger partial charge on any atom is 0.279 e. The summed E-state index contributed by atoms with van der Waals surface area (Å²) in [6.45, 7) is 3.92. The molecule has 0 spiro atoms. The van der Waals surface area contributed by atoms with E-state index in [-0.39, 0.29) is 11.8 Å². The highest BCUT2D eigenvalue weighted by atomic mass is 32.1. The number of aromatic hydroxyl groups is 1. The minimum atomic E-state index is -0.322. The van der Waals surface area contributed by atoms with Crippen LogP contribution in [0.4, 0.5) is 0 Å². The lowest BCUT2D eigenvalue weighted by Crippen LogP contribution is -2.26. The first kappa shape index (κ1) is 14.8. The third kappa shape index (κ3) is 2.25. The summed E-state index contributed by atoms with van der Waals surface area (Å²) in [5, 5.41) is 12.5. The third-order valence-corrected chi connectivity index (χ3v) is 5.11. The molecule has 24 heavy (non-hydrogen) atoms. The van der Waals surface area contributed by atoms with Gasteiger partial charge in [-0.15, -0.1) is 11.3 Å². The van der Waals surface area contributed by atoms with Crippen molar-refractivity contribution >= 4 is 22.8 Å². The Labute approximate surface area is 142 Å². The topological polar surface area (TPSA) is 62.6 Å². The van der Waals surface area contributed by atoms with Gasteiger partial charge in [-0.2, -0.15) is 0 Å². The average molecular weight is 334 g/mol. The maximum atomic E-state index is 12.5. The second kappa shape index (κ2) is 5.39. The van der Waals surface area contributed by atoms with Crippen molar-refractivity contribution in [2.24, 2.45) is 4.99 Å². The van der Waals surface area contributed by atoms with Crippen molar-refractivity contribution in [2.45, 2.75) is 13.8 Å². The van der Waals surface area contributed by atoms with Gasteiger partial charge in [-0.1, -0.05) is 42.0 Å². The maximum absolute atomic E-state index is 12.5. The van der Waals surface area contributed by atoms with Gasteiger partial charge in [0.1, 0.15) is 9.88 Å². The lowest BCUT2D eigenvalue weighted by atomic mass is 10.1. The molecule has 2 heterocycles. The van der Waals surface area contributed by atoms with Crippen LogP contribution in [0.1, 0.15) is 16.0 Å². The molecule has 4 nitrogen and oxygen atoms in total. The highest BCUT2D eigenvalue weighted by Crippen LogP contribution is 2.36. The Morgan fingerprint density at radius 1 is 1.08 bits per heavy atom. The molecule has 4 rings (SSSR count). The number of hydrogen-bond donors (Lipinski definition) is 1. The van der Waals surface area contributed by atoms with Crippen LogP contribution >= 0.6 is 11.3 Å². The van der Waals surface area contributed by atoms with Gasteiger partial charge in [0.2, 0.25) is 5.88 Å². The fourth-order valence-corrected chi connectivity index (χ4v) is 3.99. The number of amides is 1. The normalized spacial score (nSPS) is 13.1. The van der Waals surface area contributed by atoms with Crippen LogP contribution in [0.3, 0.4) is 0 Å². The van der Waals surface area contributed by atoms with E-state index in [1.165, 1.54) is 11.3 Å². The molecule has 0 aliphatic carbocycles. The molecular formula is C19H14N2O2S. The van der Waals surface area contributed by atoms with Gasteiger partial charge in [-0.25, -0.2) is 9.98 Å². The predicted octanol–water partition coefficient (Wildman–Crippen LogP) is 2.49. The number of benzene rings is 2. The van der Waals surface area contributed by atoms with E-state index in [0.29, 0.717) is 20.8 Å².